The molecule has 1 aliphatic heterocycles. The Labute approximate surface area is 201 Å². The van der Waals surface area contributed by atoms with E-state index in [-0.39, 0.29) is 11.4 Å². The third-order valence-corrected chi connectivity index (χ3v) is 5.92. The van der Waals surface area contributed by atoms with Crippen molar-refractivity contribution in [3.63, 3.8) is 0 Å². The van der Waals surface area contributed by atoms with E-state index < -0.39 is 17.1 Å². The number of amides is 3. The first-order valence-corrected chi connectivity index (χ1v) is 11.4. The highest BCUT2D eigenvalue weighted by molar-refractivity contribution is 8.18. The summed E-state index contributed by atoms with van der Waals surface area (Å²) in [4.78, 5) is 38.8. The molecular weight excluding hydrogens is 454 g/mol. The number of nitrogens with zero attached hydrogens (tertiary/aromatic N) is 2. The lowest BCUT2D eigenvalue weighted by molar-refractivity contribution is -0.127. The van der Waals surface area contributed by atoms with Crippen LogP contribution in [0.3, 0.4) is 0 Å². The van der Waals surface area contributed by atoms with Crippen LogP contribution >= 0.6 is 11.8 Å². The maximum Gasteiger partial charge on any atom is 0.294 e. The summed E-state index contributed by atoms with van der Waals surface area (Å²) in [6.45, 7) is 2.07. The molecule has 3 aromatic rings. The molecule has 1 fully saturated rings. The second kappa shape index (κ2) is 10.3. The summed E-state index contributed by atoms with van der Waals surface area (Å²) in [5.74, 6) is 0.501. The van der Waals surface area contributed by atoms with Gasteiger partial charge in [0.15, 0.2) is 0 Å². The fourth-order valence-corrected chi connectivity index (χ4v) is 4.18. The summed E-state index contributed by atoms with van der Waals surface area (Å²) < 4.78 is 12.5. The van der Waals surface area contributed by atoms with Gasteiger partial charge in [-0.3, -0.25) is 19.3 Å². The van der Waals surface area contributed by atoms with Gasteiger partial charge in [0.25, 0.3) is 11.1 Å². The number of hydrogen-bond donors (Lipinski definition) is 1. The van der Waals surface area contributed by atoms with E-state index in [1.165, 1.54) is 0 Å². The first-order valence-electron chi connectivity index (χ1n) is 10.6. The van der Waals surface area contributed by atoms with E-state index >= 15 is 0 Å². The predicted molar refractivity (Wildman–Crippen MR) is 131 cm³/mol. The van der Waals surface area contributed by atoms with E-state index in [0.29, 0.717) is 18.0 Å². The van der Waals surface area contributed by atoms with Gasteiger partial charge in [-0.1, -0.05) is 0 Å². The maximum absolute atomic E-state index is 12.8. The van der Waals surface area contributed by atoms with Crippen molar-refractivity contribution < 1.29 is 23.9 Å². The molecule has 0 saturated carbocycles. The number of anilines is 1. The number of aromatic nitrogens is 1. The monoisotopic (exact) mass is 477 g/mol. The molecule has 1 aliphatic rings. The molecule has 8 nitrogen and oxygen atoms in total. The lowest BCUT2D eigenvalue weighted by atomic mass is 10.3. The third kappa shape index (κ3) is 5.32. The minimum Gasteiger partial charge on any atom is -0.497 e. The first-order chi connectivity index (χ1) is 16.5. The van der Waals surface area contributed by atoms with Crippen LogP contribution in [0.5, 0.6) is 11.5 Å². The number of nitrogens with one attached hydrogen (secondary N) is 1. The summed E-state index contributed by atoms with van der Waals surface area (Å²) in [5, 5.41) is 2.21. The van der Waals surface area contributed by atoms with Crippen molar-refractivity contribution in [3.05, 3.63) is 77.5 Å². The fraction of sp³-hybridized carbons (Fsp3) is 0.160. The molecule has 4 rings (SSSR count). The summed E-state index contributed by atoms with van der Waals surface area (Å²) in [6.07, 6.45) is 5.37. The van der Waals surface area contributed by atoms with Gasteiger partial charge in [0.1, 0.15) is 18.0 Å². The Hall–Kier alpha value is -3.98. The van der Waals surface area contributed by atoms with Gasteiger partial charge in [-0.05, 0) is 84.9 Å². The molecule has 3 amide bonds. The molecule has 1 aromatic heterocycles. The number of thioether (sulfide) groups is 1. The van der Waals surface area contributed by atoms with Gasteiger partial charge in [0.2, 0.25) is 5.91 Å². The summed E-state index contributed by atoms with van der Waals surface area (Å²) in [5.41, 5.74) is 2.25. The van der Waals surface area contributed by atoms with Crippen LogP contribution in [0.4, 0.5) is 10.5 Å². The van der Waals surface area contributed by atoms with Crippen LogP contribution in [-0.2, 0) is 9.59 Å². The Morgan fingerprint density at radius 2 is 1.74 bits per heavy atom. The Morgan fingerprint density at radius 3 is 2.41 bits per heavy atom. The SMILES string of the molecule is CCOc1ccc(NC(=O)CN2C(=O)S/C(=C/c3ccn(-c4ccc(OC)cc4)c3)C2=O)cc1. The number of carbonyl (C=O) groups is 3. The van der Waals surface area contributed by atoms with Crippen molar-refractivity contribution >= 4 is 40.6 Å². The normalized spacial score (nSPS) is 14.5. The molecule has 0 bridgehead atoms. The average molecular weight is 478 g/mol. The number of imide groups is 1. The van der Waals surface area contributed by atoms with Crippen molar-refractivity contribution in [1.29, 1.82) is 0 Å². The van der Waals surface area contributed by atoms with Crippen LogP contribution in [0.25, 0.3) is 11.8 Å². The van der Waals surface area contributed by atoms with Gasteiger partial charge in [-0.25, -0.2) is 0 Å². The van der Waals surface area contributed by atoms with Crippen LogP contribution < -0.4 is 14.8 Å². The second-order valence-corrected chi connectivity index (χ2v) is 8.32. The molecule has 34 heavy (non-hydrogen) atoms. The molecule has 9 heteroatoms. The number of carbonyl (C=O) groups excluding carboxylic acids is 3. The summed E-state index contributed by atoms with van der Waals surface area (Å²) in [6, 6.07) is 16.3. The zero-order valence-corrected chi connectivity index (χ0v) is 19.5. The third-order valence-electron chi connectivity index (χ3n) is 5.01. The van der Waals surface area contributed by atoms with Gasteiger partial charge in [-0.15, -0.1) is 0 Å². The number of benzene rings is 2. The Morgan fingerprint density at radius 1 is 1.03 bits per heavy atom. The van der Waals surface area contributed by atoms with Crippen LogP contribution in [0.2, 0.25) is 0 Å². The van der Waals surface area contributed by atoms with Crippen LogP contribution in [0.1, 0.15) is 12.5 Å². The number of rotatable bonds is 8. The van der Waals surface area contributed by atoms with Gasteiger partial charge < -0.3 is 19.4 Å². The second-order valence-electron chi connectivity index (χ2n) is 7.32. The van der Waals surface area contributed by atoms with Gasteiger partial charge in [-0.2, -0.15) is 0 Å². The Bertz CT molecular complexity index is 1230. The molecule has 2 aromatic carbocycles. The summed E-state index contributed by atoms with van der Waals surface area (Å²) in [7, 11) is 1.61. The van der Waals surface area contributed by atoms with Crippen molar-refractivity contribution in [2.75, 3.05) is 25.6 Å². The van der Waals surface area contributed by atoms with Crippen molar-refractivity contribution in [2.24, 2.45) is 0 Å². The fourth-order valence-electron chi connectivity index (χ4n) is 3.35. The van der Waals surface area contributed by atoms with E-state index in [2.05, 4.69) is 5.32 Å². The zero-order valence-electron chi connectivity index (χ0n) is 18.7. The van der Waals surface area contributed by atoms with Crippen molar-refractivity contribution in [1.82, 2.24) is 9.47 Å². The van der Waals surface area contributed by atoms with Crippen molar-refractivity contribution in [3.8, 4) is 17.2 Å². The highest BCUT2D eigenvalue weighted by Gasteiger charge is 2.36. The topological polar surface area (TPSA) is 89.9 Å². The summed E-state index contributed by atoms with van der Waals surface area (Å²) >= 11 is 0.819. The molecule has 0 atom stereocenters. The van der Waals surface area contributed by atoms with Crippen molar-refractivity contribution in [2.45, 2.75) is 6.92 Å². The minimum absolute atomic E-state index is 0.270. The van der Waals surface area contributed by atoms with Gasteiger partial charge >= 0.3 is 0 Å². The number of methoxy groups -OCH3 is 1. The molecule has 2 heterocycles. The number of hydrogen-bond acceptors (Lipinski definition) is 6. The standard InChI is InChI=1S/C25H23N3O5S/c1-3-33-21-8-4-18(5-9-21)26-23(29)16-28-24(30)22(34-25(28)31)14-17-12-13-27(15-17)19-6-10-20(32-2)11-7-19/h4-15H,3,16H2,1-2H3,(H,26,29)/b22-14+. The average Bonchev–Trinajstić information content (AvgIpc) is 3.41. The predicted octanol–water partition coefficient (Wildman–Crippen LogP) is 4.56. The van der Waals surface area contributed by atoms with E-state index in [4.69, 9.17) is 9.47 Å². The molecular formula is C25H23N3O5S. The van der Waals surface area contributed by atoms with Gasteiger partial charge in [0, 0.05) is 23.8 Å². The van der Waals surface area contributed by atoms with E-state index in [1.54, 1.807) is 37.5 Å². The molecule has 0 radical (unpaired) electrons. The van der Waals surface area contributed by atoms with E-state index in [9.17, 15) is 14.4 Å². The molecule has 174 valence electrons. The highest BCUT2D eigenvalue weighted by atomic mass is 32.2. The number of ether oxygens (including phenoxy) is 2. The Kier molecular flexibility index (Phi) is 7.03. The lowest BCUT2D eigenvalue weighted by Gasteiger charge is -2.12. The zero-order chi connectivity index (χ0) is 24.1. The largest absolute Gasteiger partial charge is 0.497 e. The molecule has 0 unspecified atom stereocenters. The molecule has 0 spiro atoms. The Balaban J connectivity index is 1.40. The molecule has 1 saturated heterocycles. The quantitative estimate of drug-likeness (QED) is 0.479. The lowest BCUT2D eigenvalue weighted by Crippen LogP contribution is -2.36. The highest BCUT2D eigenvalue weighted by Crippen LogP contribution is 2.32. The van der Waals surface area contributed by atoms with E-state index in [0.717, 1.165) is 33.7 Å². The first kappa shape index (κ1) is 23.2. The molecule has 0 aliphatic carbocycles. The maximum atomic E-state index is 12.8. The van der Waals surface area contributed by atoms with Crippen LogP contribution in [0, 0.1) is 0 Å². The smallest absolute Gasteiger partial charge is 0.294 e. The van der Waals surface area contributed by atoms with E-state index in [1.807, 2.05) is 54.2 Å². The minimum atomic E-state index is -0.492. The van der Waals surface area contributed by atoms with Gasteiger partial charge in [0.05, 0.1) is 18.6 Å². The van der Waals surface area contributed by atoms with Crippen LogP contribution in [0.15, 0.2) is 71.9 Å². The molecule has 1 N–H and O–H groups in total. The van der Waals surface area contributed by atoms with Crippen LogP contribution in [-0.4, -0.2) is 46.8 Å².